The molecule has 0 fully saturated rings. The molecule has 0 N–H and O–H groups in total. The van der Waals surface area contributed by atoms with Gasteiger partial charge in [0.05, 0.1) is 13.2 Å². The number of hydrogen-bond acceptors (Lipinski definition) is 8. The minimum atomic E-state index is 0.0466. The lowest BCUT2D eigenvalue weighted by atomic mass is 9.70. The first-order valence-corrected chi connectivity index (χ1v) is 32.4. The average molecular weight is 1260 g/mol. The smallest absolute Gasteiger partial charge is 0.248 e. The summed E-state index contributed by atoms with van der Waals surface area (Å²) in [5.74, 6) is 3.92. The molecule has 11 rings (SSSR count). The van der Waals surface area contributed by atoms with Crippen molar-refractivity contribution < 1.29 is 18.3 Å². The van der Waals surface area contributed by atoms with Crippen LogP contribution < -0.4 is 9.47 Å². The zero-order chi connectivity index (χ0) is 58.2. The highest BCUT2D eigenvalue weighted by Crippen LogP contribution is 2.55. The molecule has 0 unspecified atom stereocenters. The zero-order valence-corrected chi connectivity index (χ0v) is 52.3. The Balaban J connectivity index is 0.557. The largest absolute Gasteiger partial charge is 0.494 e. The molecule has 0 bridgehead atoms. The monoisotopic (exact) mass is 1250 g/mol. The maximum absolute atomic E-state index is 6.17. The predicted molar refractivity (Wildman–Crippen MR) is 353 cm³/mol. The quantitative estimate of drug-likeness (QED) is 0.0411. The normalized spacial score (nSPS) is 12.3. The van der Waals surface area contributed by atoms with E-state index in [2.05, 4.69) is 175 Å². The lowest BCUT2D eigenvalue weighted by molar-refractivity contribution is 0.304. The van der Waals surface area contributed by atoms with E-state index in [1.54, 1.807) is 0 Å². The van der Waals surface area contributed by atoms with Crippen LogP contribution in [0, 0.1) is 13.8 Å². The first-order chi connectivity index (χ1) is 41.7. The average Bonchev–Trinajstić information content (AvgIpc) is 2.09. The van der Waals surface area contributed by atoms with Gasteiger partial charge in [0.2, 0.25) is 23.6 Å². The van der Waals surface area contributed by atoms with Crippen LogP contribution in [0.5, 0.6) is 11.5 Å². The minimum absolute atomic E-state index is 0.0466. The molecule has 0 atom stereocenters. The number of ether oxygens (including phenoxy) is 2. The molecule has 1 aliphatic carbocycles. The van der Waals surface area contributed by atoms with E-state index in [9.17, 15) is 0 Å². The molecule has 434 valence electrons. The first-order valence-electron chi connectivity index (χ1n) is 30.8. The van der Waals surface area contributed by atoms with E-state index in [0.29, 0.717) is 23.6 Å². The molecule has 10 heteroatoms. The molecule has 0 amide bonds. The molecule has 0 radical (unpaired) electrons. The standard InChI is InChI=1S/C75H76Br2N4O4/c1-53-19-23-59(24-20-53)71-78-80-73(84-71)61-31-27-55(28-32-61)57-35-41-65(42-36-57)82-49-17-13-9-5-3-7-11-15-47-75(69-51-63(76)39-45-67(69)68-46-40-64(77)52-70(68)75)48-16-12-8-4-6-10-14-18-50-83-66-43-37-58(38-44-66)56-29-33-62(34-30-56)74-81-79-72(85-74)60-25-21-54(2)22-26-60/h19-46,51-52H,3-18,47-50H2,1-2H3. The number of hydrogen-bond donors (Lipinski definition) is 0. The molecule has 2 aromatic heterocycles. The lowest BCUT2D eigenvalue weighted by Gasteiger charge is -2.33. The van der Waals surface area contributed by atoms with Crippen LogP contribution in [0.4, 0.5) is 0 Å². The molecular formula is C75H76Br2N4O4. The summed E-state index contributed by atoms with van der Waals surface area (Å²) < 4.78 is 26.7. The summed E-state index contributed by atoms with van der Waals surface area (Å²) in [5, 5.41) is 17.1. The summed E-state index contributed by atoms with van der Waals surface area (Å²) in [6.07, 6.45) is 22.2. The van der Waals surface area contributed by atoms with Crippen molar-refractivity contribution in [2.45, 2.75) is 135 Å². The third-order valence-electron chi connectivity index (χ3n) is 16.9. The van der Waals surface area contributed by atoms with Crippen LogP contribution in [-0.2, 0) is 5.41 Å². The fourth-order valence-electron chi connectivity index (χ4n) is 12.1. The molecule has 2 heterocycles. The molecule has 8 nitrogen and oxygen atoms in total. The van der Waals surface area contributed by atoms with Gasteiger partial charge in [0.25, 0.3) is 0 Å². The molecular weight excluding hydrogens is 1180 g/mol. The Morgan fingerprint density at radius 3 is 0.918 bits per heavy atom. The Labute approximate surface area is 519 Å². The second-order valence-electron chi connectivity index (χ2n) is 23.1. The van der Waals surface area contributed by atoms with Crippen molar-refractivity contribution in [3.63, 3.8) is 0 Å². The zero-order valence-electron chi connectivity index (χ0n) is 49.1. The summed E-state index contributed by atoms with van der Waals surface area (Å²) in [6.45, 7) is 5.62. The maximum atomic E-state index is 6.17. The highest BCUT2D eigenvalue weighted by atomic mass is 79.9. The number of aryl methyl sites for hydroxylation is 2. The molecule has 0 aliphatic heterocycles. The van der Waals surface area contributed by atoms with Gasteiger partial charge in [0, 0.05) is 36.6 Å². The molecule has 8 aromatic carbocycles. The van der Waals surface area contributed by atoms with Gasteiger partial charge in [-0.15, -0.1) is 20.4 Å². The van der Waals surface area contributed by atoms with E-state index in [-0.39, 0.29) is 5.41 Å². The van der Waals surface area contributed by atoms with Crippen LogP contribution in [0.15, 0.2) is 200 Å². The van der Waals surface area contributed by atoms with E-state index < -0.39 is 0 Å². The Hall–Kier alpha value is -7.40. The van der Waals surface area contributed by atoms with Gasteiger partial charge in [-0.1, -0.05) is 218 Å². The second-order valence-corrected chi connectivity index (χ2v) is 24.9. The van der Waals surface area contributed by atoms with Crippen LogP contribution in [0.25, 0.3) is 79.2 Å². The molecule has 10 aromatic rings. The molecule has 85 heavy (non-hydrogen) atoms. The van der Waals surface area contributed by atoms with Crippen LogP contribution in [0.3, 0.4) is 0 Å². The minimum Gasteiger partial charge on any atom is -0.494 e. The number of rotatable bonds is 30. The number of benzene rings is 8. The van der Waals surface area contributed by atoms with Gasteiger partial charge in [0.1, 0.15) is 11.5 Å². The summed E-state index contributed by atoms with van der Waals surface area (Å²) in [6, 6.07) is 63.6. The number of aromatic nitrogens is 4. The Morgan fingerprint density at radius 2 is 0.588 bits per heavy atom. The number of halogens is 2. The summed E-state index contributed by atoms with van der Waals surface area (Å²) in [5.41, 5.74) is 16.5. The van der Waals surface area contributed by atoms with Crippen LogP contribution >= 0.6 is 31.9 Å². The summed E-state index contributed by atoms with van der Waals surface area (Å²) >= 11 is 7.76. The second kappa shape index (κ2) is 29.1. The maximum Gasteiger partial charge on any atom is 0.248 e. The third kappa shape index (κ3) is 15.4. The SMILES string of the molecule is Cc1ccc(-c2nnc(-c3ccc(-c4ccc(OCCCCCCCCCCC5(CCCCCCCCCCOc6ccc(-c7ccc(-c8nnc(-c9ccc(C)cc9)o8)cc7)cc6)c6cc(Br)ccc6-c6ccc(Br)cc65)cc4)cc3)o2)cc1. The van der Waals surface area contributed by atoms with Crippen LogP contribution in [0.1, 0.15) is 138 Å². The molecule has 0 saturated heterocycles. The van der Waals surface area contributed by atoms with Crippen molar-refractivity contribution in [3.05, 3.63) is 213 Å². The van der Waals surface area contributed by atoms with Gasteiger partial charge in [-0.3, -0.25) is 0 Å². The van der Waals surface area contributed by atoms with E-state index in [1.807, 2.05) is 72.8 Å². The van der Waals surface area contributed by atoms with Crippen molar-refractivity contribution >= 4 is 31.9 Å². The fourth-order valence-corrected chi connectivity index (χ4v) is 12.8. The van der Waals surface area contributed by atoms with Gasteiger partial charge in [-0.2, -0.15) is 0 Å². The number of fused-ring (bicyclic) bond motifs is 3. The lowest BCUT2D eigenvalue weighted by Crippen LogP contribution is -2.25. The third-order valence-corrected chi connectivity index (χ3v) is 17.9. The van der Waals surface area contributed by atoms with Crippen molar-refractivity contribution in [2.24, 2.45) is 0 Å². The molecule has 0 spiro atoms. The van der Waals surface area contributed by atoms with Crippen LogP contribution in [0.2, 0.25) is 0 Å². The Kier molecular flexibility index (Phi) is 20.3. The van der Waals surface area contributed by atoms with E-state index in [0.717, 1.165) is 82.1 Å². The van der Waals surface area contributed by atoms with E-state index >= 15 is 0 Å². The number of nitrogens with zero attached hydrogens (tertiary/aromatic N) is 4. The van der Waals surface area contributed by atoms with Crippen molar-refractivity contribution in [2.75, 3.05) is 13.2 Å². The molecule has 0 saturated carbocycles. The Bertz CT molecular complexity index is 3460. The topological polar surface area (TPSA) is 96.3 Å². The van der Waals surface area contributed by atoms with Crippen molar-refractivity contribution in [3.8, 4) is 90.7 Å². The summed E-state index contributed by atoms with van der Waals surface area (Å²) in [7, 11) is 0. The van der Waals surface area contributed by atoms with Gasteiger partial charge in [-0.25, -0.2) is 0 Å². The highest BCUT2D eigenvalue weighted by molar-refractivity contribution is 9.10. The van der Waals surface area contributed by atoms with Crippen molar-refractivity contribution in [1.82, 2.24) is 20.4 Å². The highest BCUT2D eigenvalue weighted by Gasteiger charge is 2.42. The van der Waals surface area contributed by atoms with Gasteiger partial charge in [0.15, 0.2) is 0 Å². The predicted octanol–water partition coefficient (Wildman–Crippen LogP) is 22.0. The van der Waals surface area contributed by atoms with Gasteiger partial charge >= 0.3 is 0 Å². The van der Waals surface area contributed by atoms with Crippen molar-refractivity contribution in [1.29, 1.82) is 0 Å². The fraction of sp³-hybridized carbons (Fsp3) is 0.307. The molecule has 1 aliphatic rings. The number of unbranched alkanes of at least 4 members (excludes halogenated alkanes) is 14. The van der Waals surface area contributed by atoms with Gasteiger partial charge in [-0.05, 0) is 181 Å². The van der Waals surface area contributed by atoms with E-state index in [1.165, 1.54) is 145 Å². The summed E-state index contributed by atoms with van der Waals surface area (Å²) in [4.78, 5) is 0. The van der Waals surface area contributed by atoms with E-state index in [4.69, 9.17) is 18.3 Å². The van der Waals surface area contributed by atoms with Gasteiger partial charge < -0.3 is 18.3 Å². The van der Waals surface area contributed by atoms with Crippen LogP contribution in [-0.4, -0.2) is 33.6 Å². The first kappa shape index (κ1) is 59.3. The Morgan fingerprint density at radius 1 is 0.318 bits per heavy atom.